The molecule has 0 amide bonds. The SMILES string of the molecule is [Bi+3].[Nd+3].[O]=[Ti]([O-])[O-].[O]=[Ti]([O-])[O-].[O]=[Ti]([O-])[O-]. The van der Waals surface area contributed by atoms with Crippen LogP contribution < -0.4 is 22.1 Å². The molecule has 0 aromatic rings. The molecule has 0 aliphatic carbocycles. The molecule has 0 aromatic carbocycles. The summed E-state index contributed by atoms with van der Waals surface area (Å²) in [5.41, 5.74) is 0. The summed E-state index contributed by atoms with van der Waals surface area (Å²) in [7, 11) is 0. The maximum absolute atomic E-state index is 8.58. The van der Waals surface area contributed by atoms with E-state index in [2.05, 4.69) is 0 Å². The van der Waals surface area contributed by atoms with E-state index in [0.717, 1.165) is 0 Å². The average molecular weight is 641 g/mol. The van der Waals surface area contributed by atoms with Crippen molar-refractivity contribution in [3.8, 4) is 0 Å². The molecule has 0 fully saturated rings. The quantitative estimate of drug-likeness (QED) is 0.232. The molecule has 0 unspecified atom stereocenters. The van der Waals surface area contributed by atoms with Gasteiger partial charge in [-0.3, -0.25) is 0 Å². The van der Waals surface area contributed by atoms with Crippen molar-refractivity contribution in [3.63, 3.8) is 0 Å². The van der Waals surface area contributed by atoms with Gasteiger partial charge >= 0.3 is 155 Å². The first kappa shape index (κ1) is 30.5. The van der Waals surface area contributed by atoms with Crippen LogP contribution >= 0.6 is 0 Å². The molecule has 0 saturated carbocycles. The van der Waals surface area contributed by atoms with Gasteiger partial charge in [-0.15, -0.1) is 0 Å². The Balaban J connectivity index is -0.0000000270. The number of hydrogen-bond acceptors (Lipinski definition) is 9. The van der Waals surface area contributed by atoms with Gasteiger partial charge in [0.05, 0.1) is 0 Å². The van der Waals surface area contributed by atoms with E-state index >= 15 is 0 Å². The molecular formula is BiNdO9Ti3. The van der Waals surface area contributed by atoms with Crippen molar-refractivity contribution in [2.45, 2.75) is 0 Å². The minimum absolute atomic E-state index is 0. The van der Waals surface area contributed by atoms with Gasteiger partial charge in [-0.1, -0.05) is 0 Å². The second kappa shape index (κ2) is 25.4. The molecule has 14 heteroatoms. The summed E-state index contributed by atoms with van der Waals surface area (Å²) in [4.78, 5) is 0. The predicted octanol–water partition coefficient (Wildman–Crippen LogP) is -7.88. The number of rotatable bonds is 0. The zero-order valence-electron chi connectivity index (χ0n) is 6.12. The molecule has 0 rings (SSSR count). The van der Waals surface area contributed by atoms with E-state index in [4.69, 9.17) is 32.1 Å². The average Bonchev–Trinajstić information content (AvgIpc) is 1.54. The van der Waals surface area contributed by atoms with E-state index in [1.165, 1.54) is 0 Å². The third kappa shape index (κ3) is 262. The molecule has 0 atom stereocenters. The van der Waals surface area contributed by atoms with E-state index in [1.54, 1.807) is 0 Å². The van der Waals surface area contributed by atoms with Crippen LogP contribution in [0.5, 0.6) is 0 Å². The van der Waals surface area contributed by atoms with Crippen LogP contribution in [0, 0.1) is 40.8 Å². The van der Waals surface area contributed by atoms with Crippen LogP contribution in [0.1, 0.15) is 0 Å². The molecule has 0 bridgehead atoms. The normalized spacial score (nSPS) is 5.57. The Hall–Kier alpha value is 3.54. The van der Waals surface area contributed by atoms with Gasteiger partial charge in [-0.05, 0) is 0 Å². The van der Waals surface area contributed by atoms with Gasteiger partial charge in [0.2, 0.25) is 0 Å². The summed E-state index contributed by atoms with van der Waals surface area (Å²) in [6.07, 6.45) is 0. The summed E-state index contributed by atoms with van der Waals surface area (Å²) in [6, 6.07) is 0. The summed E-state index contributed by atoms with van der Waals surface area (Å²) in [5, 5.41) is 0. The van der Waals surface area contributed by atoms with E-state index in [1.807, 2.05) is 0 Å². The summed E-state index contributed by atoms with van der Waals surface area (Å²) >= 11 is -12.2. The van der Waals surface area contributed by atoms with Crippen LogP contribution in [-0.4, -0.2) is 26.2 Å². The Bertz CT molecular complexity index is 118. The maximum atomic E-state index is 8.58. The molecule has 0 aliphatic heterocycles. The molecule has 0 aliphatic rings. The van der Waals surface area contributed by atoms with E-state index in [0.29, 0.717) is 0 Å². The fraction of sp³-hybridized carbons (Fsp3) is 0. The van der Waals surface area contributed by atoms with E-state index in [-0.39, 0.29) is 67.0 Å². The molecule has 14 heavy (non-hydrogen) atoms. The molecule has 3 radical (unpaired) electrons. The van der Waals surface area contributed by atoms with Crippen LogP contribution in [0.15, 0.2) is 0 Å². The molecule has 75 valence electrons. The van der Waals surface area contributed by atoms with E-state index < -0.39 is 55.8 Å². The van der Waals surface area contributed by atoms with Gasteiger partial charge < -0.3 is 0 Å². The number of hydrogen-bond donors (Lipinski definition) is 0. The van der Waals surface area contributed by atoms with Gasteiger partial charge in [0, 0.05) is 0 Å². The second-order valence-electron chi connectivity index (χ2n) is 0.750. The van der Waals surface area contributed by atoms with Crippen LogP contribution in [-0.2, 0) is 65.8 Å². The monoisotopic (exact) mass is 639 g/mol. The van der Waals surface area contributed by atoms with E-state index in [9.17, 15) is 0 Å². The van der Waals surface area contributed by atoms with Gasteiger partial charge in [0.25, 0.3) is 0 Å². The first-order valence-corrected chi connectivity index (χ1v) is 7.57. The fourth-order valence-corrected chi connectivity index (χ4v) is 0. The van der Waals surface area contributed by atoms with Crippen molar-refractivity contribution in [2.24, 2.45) is 0 Å². The third-order valence-corrected chi connectivity index (χ3v) is 0. The predicted molar refractivity (Wildman–Crippen MR) is 7.81 cm³/mol. The van der Waals surface area contributed by atoms with Crippen molar-refractivity contribution in [1.82, 2.24) is 0 Å². The molecule has 0 spiro atoms. The van der Waals surface area contributed by atoms with Crippen LogP contribution in [0.25, 0.3) is 0 Å². The fourth-order valence-electron chi connectivity index (χ4n) is 0. The summed E-state index contributed by atoms with van der Waals surface area (Å²) in [6.45, 7) is 0. The van der Waals surface area contributed by atoms with Crippen molar-refractivity contribution < 1.29 is 129 Å². The van der Waals surface area contributed by atoms with Gasteiger partial charge in [0.1, 0.15) is 0 Å². The molecule has 0 N–H and O–H groups in total. The van der Waals surface area contributed by atoms with Crippen LogP contribution in [0.4, 0.5) is 0 Å². The molecule has 0 aromatic heterocycles. The Kier molecular flexibility index (Phi) is 55.4. The zero-order valence-corrected chi connectivity index (χ0v) is 17.5. The van der Waals surface area contributed by atoms with Crippen molar-refractivity contribution >= 4 is 26.2 Å². The molecular weight excluding hydrogens is 641 g/mol. The van der Waals surface area contributed by atoms with Crippen molar-refractivity contribution in [1.29, 1.82) is 0 Å². The first-order valence-electron chi connectivity index (χ1n) is 1.84. The third-order valence-electron chi connectivity index (χ3n) is 0. The second-order valence-corrected chi connectivity index (χ2v) is 3.09. The first-order chi connectivity index (χ1) is 5.20. The molecule has 9 nitrogen and oxygen atoms in total. The Morgan fingerprint density at radius 2 is 0.571 bits per heavy atom. The van der Waals surface area contributed by atoms with Crippen molar-refractivity contribution in [3.05, 3.63) is 0 Å². The van der Waals surface area contributed by atoms with Gasteiger partial charge in [-0.25, -0.2) is 0 Å². The van der Waals surface area contributed by atoms with Crippen LogP contribution in [0.2, 0.25) is 0 Å². The zero-order chi connectivity index (χ0) is 10.7. The Labute approximate surface area is 152 Å². The molecule has 0 heterocycles. The standard InChI is InChI=1S/Bi.Nd.9O.3Ti/q2*+3;;;;6*-1;;;. The summed E-state index contributed by atoms with van der Waals surface area (Å²) < 4.78 is 77.2. The Morgan fingerprint density at radius 1 is 0.571 bits per heavy atom. The molecule has 0 saturated heterocycles. The minimum atomic E-state index is -4.08. The van der Waals surface area contributed by atoms with Crippen LogP contribution in [0.3, 0.4) is 0 Å². The summed E-state index contributed by atoms with van der Waals surface area (Å²) in [5.74, 6) is 0. The topological polar surface area (TPSA) is 190 Å². The van der Waals surface area contributed by atoms with Gasteiger partial charge in [-0.2, -0.15) is 0 Å². The Morgan fingerprint density at radius 3 is 0.571 bits per heavy atom. The van der Waals surface area contributed by atoms with Gasteiger partial charge in [0.15, 0.2) is 0 Å². The van der Waals surface area contributed by atoms with Crippen molar-refractivity contribution in [2.75, 3.05) is 0 Å².